The number of aromatic nitrogens is 2. The standard InChI is InChI=1S/C14H23N3O3/c1-19-14(3-7-20-8-4-14)10-15-11-9-12(18)13(11)17-6-2-5-16-17/h2,5-6,11-13,15,18H,3-4,7-10H2,1H3/t11-,12+,13+/m0/s1. The first kappa shape index (κ1) is 14.0. The van der Waals surface area contributed by atoms with Crippen LogP contribution >= 0.6 is 0 Å². The van der Waals surface area contributed by atoms with Crippen LogP contribution in [0.2, 0.25) is 0 Å². The predicted octanol–water partition coefficient (Wildman–Crippen LogP) is 0.343. The van der Waals surface area contributed by atoms with Gasteiger partial charge in [0.15, 0.2) is 0 Å². The zero-order valence-corrected chi connectivity index (χ0v) is 11.9. The molecule has 1 aliphatic heterocycles. The molecule has 0 amide bonds. The molecular formula is C14H23N3O3. The average Bonchev–Trinajstić information content (AvgIpc) is 2.97. The predicted molar refractivity (Wildman–Crippen MR) is 73.5 cm³/mol. The molecule has 3 atom stereocenters. The first-order valence-corrected chi connectivity index (χ1v) is 7.28. The van der Waals surface area contributed by atoms with Gasteiger partial charge < -0.3 is 19.9 Å². The number of rotatable bonds is 5. The molecule has 1 aromatic heterocycles. The summed E-state index contributed by atoms with van der Waals surface area (Å²) in [4.78, 5) is 0. The fourth-order valence-electron chi connectivity index (χ4n) is 3.15. The van der Waals surface area contributed by atoms with Gasteiger partial charge in [0.1, 0.15) is 0 Å². The molecule has 2 fully saturated rings. The van der Waals surface area contributed by atoms with Crippen molar-refractivity contribution in [3.63, 3.8) is 0 Å². The van der Waals surface area contributed by atoms with Crippen LogP contribution in [0.1, 0.15) is 25.3 Å². The highest BCUT2D eigenvalue weighted by Gasteiger charge is 2.43. The smallest absolute Gasteiger partial charge is 0.0932 e. The van der Waals surface area contributed by atoms with E-state index in [1.807, 2.05) is 16.9 Å². The highest BCUT2D eigenvalue weighted by molar-refractivity contribution is 5.01. The largest absolute Gasteiger partial charge is 0.391 e. The number of aliphatic hydroxyl groups is 1. The molecule has 0 unspecified atom stereocenters. The number of nitrogens with one attached hydrogen (secondary N) is 1. The van der Waals surface area contributed by atoms with E-state index < -0.39 is 0 Å². The SMILES string of the molecule is COC1(CN[C@H]2C[C@@H](O)[C@@H]2n2cccn2)CCOCC1. The Balaban J connectivity index is 1.58. The van der Waals surface area contributed by atoms with E-state index in [0.717, 1.165) is 39.0 Å². The van der Waals surface area contributed by atoms with Crippen LogP contribution in [0.25, 0.3) is 0 Å². The summed E-state index contributed by atoms with van der Waals surface area (Å²) in [6.45, 7) is 2.30. The first-order valence-electron chi connectivity index (χ1n) is 7.28. The molecule has 2 aliphatic rings. The zero-order valence-electron chi connectivity index (χ0n) is 11.9. The first-order chi connectivity index (χ1) is 9.74. The minimum Gasteiger partial charge on any atom is -0.391 e. The third-order valence-corrected chi connectivity index (χ3v) is 4.66. The number of ether oxygens (including phenoxy) is 2. The summed E-state index contributed by atoms with van der Waals surface area (Å²) < 4.78 is 13.0. The van der Waals surface area contributed by atoms with Crippen molar-refractivity contribution in [3.8, 4) is 0 Å². The van der Waals surface area contributed by atoms with Crippen molar-refractivity contribution in [2.45, 2.75) is 43.1 Å². The Bertz CT molecular complexity index is 417. The second kappa shape index (κ2) is 5.81. The molecule has 1 saturated heterocycles. The van der Waals surface area contributed by atoms with Gasteiger partial charge in [0.05, 0.1) is 17.7 Å². The van der Waals surface area contributed by atoms with Crippen LogP contribution in [0.3, 0.4) is 0 Å². The Labute approximate surface area is 119 Å². The summed E-state index contributed by atoms with van der Waals surface area (Å²) in [7, 11) is 1.77. The normalized spacial score (nSPS) is 32.8. The van der Waals surface area contributed by atoms with Crippen molar-refractivity contribution in [2.75, 3.05) is 26.9 Å². The van der Waals surface area contributed by atoms with E-state index in [0.29, 0.717) is 0 Å². The lowest BCUT2D eigenvalue weighted by Crippen LogP contribution is -2.58. The van der Waals surface area contributed by atoms with E-state index in [-0.39, 0.29) is 23.8 Å². The molecule has 0 aromatic carbocycles. The third-order valence-electron chi connectivity index (χ3n) is 4.66. The summed E-state index contributed by atoms with van der Waals surface area (Å²) >= 11 is 0. The fourth-order valence-corrected chi connectivity index (χ4v) is 3.15. The molecular weight excluding hydrogens is 258 g/mol. The Morgan fingerprint density at radius 3 is 2.90 bits per heavy atom. The second-order valence-electron chi connectivity index (χ2n) is 5.77. The monoisotopic (exact) mass is 281 g/mol. The Morgan fingerprint density at radius 2 is 2.30 bits per heavy atom. The van der Waals surface area contributed by atoms with E-state index >= 15 is 0 Å². The van der Waals surface area contributed by atoms with Gasteiger partial charge in [-0.05, 0) is 12.5 Å². The number of hydrogen-bond acceptors (Lipinski definition) is 5. The molecule has 0 bridgehead atoms. The topological polar surface area (TPSA) is 68.5 Å². The molecule has 1 aromatic rings. The van der Waals surface area contributed by atoms with E-state index in [2.05, 4.69) is 10.4 Å². The summed E-state index contributed by atoms with van der Waals surface area (Å²) in [6, 6.07) is 2.16. The maximum Gasteiger partial charge on any atom is 0.0932 e. The van der Waals surface area contributed by atoms with Gasteiger partial charge in [0.2, 0.25) is 0 Å². The van der Waals surface area contributed by atoms with Crippen molar-refractivity contribution in [3.05, 3.63) is 18.5 Å². The second-order valence-corrected chi connectivity index (χ2v) is 5.77. The van der Waals surface area contributed by atoms with Crippen molar-refractivity contribution < 1.29 is 14.6 Å². The van der Waals surface area contributed by atoms with Gasteiger partial charge in [0.25, 0.3) is 0 Å². The van der Waals surface area contributed by atoms with E-state index in [1.54, 1.807) is 13.3 Å². The van der Waals surface area contributed by atoms with E-state index in [4.69, 9.17) is 9.47 Å². The van der Waals surface area contributed by atoms with Crippen LogP contribution in [0, 0.1) is 0 Å². The number of hydrogen-bond donors (Lipinski definition) is 2. The summed E-state index contributed by atoms with van der Waals surface area (Å²) in [5.74, 6) is 0. The Kier molecular flexibility index (Phi) is 4.07. The van der Waals surface area contributed by atoms with Crippen molar-refractivity contribution in [1.82, 2.24) is 15.1 Å². The lowest BCUT2D eigenvalue weighted by Gasteiger charge is -2.44. The van der Waals surface area contributed by atoms with Crippen LogP contribution in [0.4, 0.5) is 0 Å². The molecule has 0 radical (unpaired) electrons. The van der Waals surface area contributed by atoms with Crippen LogP contribution in [0.15, 0.2) is 18.5 Å². The Hall–Kier alpha value is -0.950. The van der Waals surface area contributed by atoms with E-state index in [1.165, 1.54) is 0 Å². The van der Waals surface area contributed by atoms with Crippen molar-refractivity contribution in [1.29, 1.82) is 0 Å². The van der Waals surface area contributed by atoms with Gasteiger partial charge in [0, 0.05) is 58.1 Å². The molecule has 1 saturated carbocycles. The molecule has 3 rings (SSSR count). The minimum atomic E-state index is -0.319. The maximum absolute atomic E-state index is 9.96. The van der Waals surface area contributed by atoms with Gasteiger partial charge in [-0.1, -0.05) is 0 Å². The number of nitrogens with zero attached hydrogens (tertiary/aromatic N) is 2. The van der Waals surface area contributed by atoms with Gasteiger partial charge in [-0.15, -0.1) is 0 Å². The molecule has 2 N–H and O–H groups in total. The van der Waals surface area contributed by atoms with Crippen LogP contribution in [-0.2, 0) is 9.47 Å². The lowest BCUT2D eigenvalue weighted by molar-refractivity contribution is -0.0950. The van der Waals surface area contributed by atoms with E-state index in [9.17, 15) is 5.11 Å². The van der Waals surface area contributed by atoms with Crippen molar-refractivity contribution >= 4 is 0 Å². The highest BCUT2D eigenvalue weighted by Crippen LogP contribution is 2.33. The molecule has 2 heterocycles. The van der Waals surface area contributed by atoms with Gasteiger partial charge in [-0.2, -0.15) is 5.10 Å². The van der Waals surface area contributed by atoms with Crippen molar-refractivity contribution in [2.24, 2.45) is 0 Å². The summed E-state index contributed by atoms with van der Waals surface area (Å²) in [5.41, 5.74) is -0.131. The summed E-state index contributed by atoms with van der Waals surface area (Å²) in [6.07, 6.45) is 5.93. The van der Waals surface area contributed by atoms with Crippen LogP contribution in [0.5, 0.6) is 0 Å². The molecule has 6 nitrogen and oxygen atoms in total. The number of aliphatic hydroxyl groups excluding tert-OH is 1. The molecule has 112 valence electrons. The van der Waals surface area contributed by atoms with Gasteiger partial charge in [-0.3, -0.25) is 4.68 Å². The summed E-state index contributed by atoms with van der Waals surface area (Å²) in [5, 5.41) is 17.7. The molecule has 0 spiro atoms. The average molecular weight is 281 g/mol. The third kappa shape index (κ3) is 2.61. The van der Waals surface area contributed by atoms with Gasteiger partial charge >= 0.3 is 0 Å². The highest BCUT2D eigenvalue weighted by atomic mass is 16.5. The quantitative estimate of drug-likeness (QED) is 0.815. The number of methoxy groups -OCH3 is 1. The molecule has 6 heteroatoms. The van der Waals surface area contributed by atoms with Crippen LogP contribution < -0.4 is 5.32 Å². The van der Waals surface area contributed by atoms with Crippen LogP contribution in [-0.4, -0.2) is 59.5 Å². The lowest BCUT2D eigenvalue weighted by atomic mass is 9.82. The Morgan fingerprint density at radius 1 is 1.50 bits per heavy atom. The fraction of sp³-hybridized carbons (Fsp3) is 0.786. The van der Waals surface area contributed by atoms with Gasteiger partial charge in [-0.25, -0.2) is 0 Å². The molecule has 20 heavy (non-hydrogen) atoms. The minimum absolute atomic E-state index is 0.0266. The maximum atomic E-state index is 9.96. The molecule has 1 aliphatic carbocycles. The zero-order chi connectivity index (χ0) is 14.0.